The van der Waals surface area contributed by atoms with Crippen LogP contribution in [-0.2, 0) is 4.74 Å². The van der Waals surface area contributed by atoms with Gasteiger partial charge in [-0.1, -0.05) is 0 Å². The normalized spacial score (nSPS) is 13.2. The van der Waals surface area contributed by atoms with E-state index in [9.17, 15) is 0 Å². The van der Waals surface area contributed by atoms with E-state index in [1.807, 2.05) is 0 Å². The van der Waals surface area contributed by atoms with Crippen LogP contribution in [0.2, 0.25) is 0 Å². The Labute approximate surface area is 86.9 Å². The molecule has 2 heterocycles. The summed E-state index contributed by atoms with van der Waals surface area (Å²) in [6, 6.07) is -0.154. The van der Waals surface area contributed by atoms with Crippen molar-refractivity contribution in [3.8, 4) is 0 Å². The van der Waals surface area contributed by atoms with Gasteiger partial charge in [-0.2, -0.15) is 0 Å². The fourth-order valence-corrected chi connectivity index (χ4v) is 1.34. The van der Waals surface area contributed by atoms with Crippen molar-refractivity contribution < 1.29 is 4.74 Å². The number of aromatic nitrogens is 4. The van der Waals surface area contributed by atoms with E-state index in [0.717, 1.165) is 17.8 Å². The molecule has 15 heavy (non-hydrogen) atoms. The summed E-state index contributed by atoms with van der Waals surface area (Å²) in [5.74, 6) is 0.725. The molecule has 0 bridgehead atoms. The number of H-pyrrole nitrogens is 1. The number of ether oxygens (including phenoxy) is 1. The van der Waals surface area contributed by atoms with Crippen molar-refractivity contribution in [2.24, 2.45) is 5.73 Å². The van der Waals surface area contributed by atoms with Crippen LogP contribution >= 0.6 is 0 Å². The van der Waals surface area contributed by atoms with Gasteiger partial charge >= 0.3 is 0 Å². The van der Waals surface area contributed by atoms with Crippen molar-refractivity contribution >= 4 is 11.2 Å². The third-order valence-corrected chi connectivity index (χ3v) is 2.16. The summed E-state index contributed by atoms with van der Waals surface area (Å²) in [5, 5.41) is 0. The molecule has 0 aromatic carbocycles. The number of nitrogens with zero attached hydrogens (tertiary/aromatic N) is 3. The molecule has 80 valence electrons. The molecule has 0 fully saturated rings. The molecule has 2 aromatic rings. The Morgan fingerprint density at radius 2 is 2.47 bits per heavy atom. The molecule has 0 spiro atoms. The average molecular weight is 207 g/mol. The third-order valence-electron chi connectivity index (χ3n) is 2.16. The maximum atomic E-state index is 5.92. The summed E-state index contributed by atoms with van der Waals surface area (Å²) in [4.78, 5) is 15.3. The molecule has 0 aliphatic carbocycles. The SMILES string of the molecule is COCCC(N)c1nc2ncncc2[nH]1. The smallest absolute Gasteiger partial charge is 0.180 e. The summed E-state index contributed by atoms with van der Waals surface area (Å²) in [6.07, 6.45) is 3.87. The zero-order valence-electron chi connectivity index (χ0n) is 8.47. The lowest BCUT2D eigenvalue weighted by atomic mass is 10.2. The van der Waals surface area contributed by atoms with Gasteiger partial charge in [-0.05, 0) is 6.42 Å². The third kappa shape index (κ3) is 2.11. The highest BCUT2D eigenvalue weighted by molar-refractivity contribution is 5.68. The number of nitrogens with one attached hydrogen (secondary N) is 1. The topological polar surface area (TPSA) is 89.7 Å². The number of methoxy groups -OCH3 is 1. The van der Waals surface area contributed by atoms with Crippen molar-refractivity contribution in [3.05, 3.63) is 18.3 Å². The first-order chi connectivity index (χ1) is 7.31. The molecule has 2 aromatic heterocycles. The molecule has 0 radical (unpaired) electrons. The van der Waals surface area contributed by atoms with Crippen LogP contribution in [0.15, 0.2) is 12.5 Å². The molecule has 0 saturated heterocycles. The Hall–Kier alpha value is -1.53. The highest BCUT2D eigenvalue weighted by Crippen LogP contribution is 2.13. The van der Waals surface area contributed by atoms with E-state index in [1.165, 1.54) is 6.33 Å². The Balaban J connectivity index is 2.20. The van der Waals surface area contributed by atoms with Crippen molar-refractivity contribution in [3.63, 3.8) is 0 Å². The van der Waals surface area contributed by atoms with Gasteiger partial charge in [0.25, 0.3) is 0 Å². The van der Waals surface area contributed by atoms with Crippen molar-refractivity contribution in [1.82, 2.24) is 19.9 Å². The summed E-state index contributed by atoms with van der Waals surface area (Å²) in [5.41, 5.74) is 7.38. The number of fused-ring (bicyclic) bond motifs is 1. The van der Waals surface area contributed by atoms with Crippen LogP contribution in [0.3, 0.4) is 0 Å². The van der Waals surface area contributed by atoms with E-state index < -0.39 is 0 Å². The Bertz CT molecular complexity index is 408. The molecular formula is C9H13N5O. The van der Waals surface area contributed by atoms with Crippen molar-refractivity contribution in [2.75, 3.05) is 13.7 Å². The lowest BCUT2D eigenvalue weighted by molar-refractivity contribution is 0.187. The number of rotatable bonds is 4. The second kappa shape index (κ2) is 4.33. The van der Waals surface area contributed by atoms with Crippen LogP contribution in [0.4, 0.5) is 0 Å². The van der Waals surface area contributed by atoms with Crippen LogP contribution in [0.1, 0.15) is 18.3 Å². The number of hydrogen-bond acceptors (Lipinski definition) is 5. The lowest BCUT2D eigenvalue weighted by Gasteiger charge is -2.06. The molecule has 6 heteroatoms. The minimum atomic E-state index is -0.154. The van der Waals surface area contributed by atoms with Crippen LogP contribution in [0, 0.1) is 0 Å². The van der Waals surface area contributed by atoms with Crippen LogP contribution in [0.5, 0.6) is 0 Å². The minimum absolute atomic E-state index is 0.154. The van der Waals surface area contributed by atoms with Crippen LogP contribution in [-0.4, -0.2) is 33.7 Å². The second-order valence-electron chi connectivity index (χ2n) is 3.27. The zero-order valence-corrected chi connectivity index (χ0v) is 8.47. The number of hydrogen-bond donors (Lipinski definition) is 2. The molecule has 6 nitrogen and oxygen atoms in total. The average Bonchev–Trinajstić information content (AvgIpc) is 2.69. The zero-order chi connectivity index (χ0) is 10.7. The highest BCUT2D eigenvalue weighted by atomic mass is 16.5. The van der Waals surface area contributed by atoms with Gasteiger partial charge in [0.1, 0.15) is 17.7 Å². The van der Waals surface area contributed by atoms with Crippen LogP contribution < -0.4 is 5.73 Å². The van der Waals surface area contributed by atoms with E-state index >= 15 is 0 Å². The van der Waals surface area contributed by atoms with E-state index in [-0.39, 0.29) is 6.04 Å². The summed E-state index contributed by atoms with van der Waals surface area (Å²) in [7, 11) is 1.65. The molecule has 0 amide bonds. The predicted octanol–water partition coefficient (Wildman–Crippen LogP) is 0.389. The van der Waals surface area contributed by atoms with Gasteiger partial charge in [-0.25, -0.2) is 15.0 Å². The molecule has 1 unspecified atom stereocenters. The fourth-order valence-electron chi connectivity index (χ4n) is 1.34. The van der Waals surface area contributed by atoms with E-state index in [2.05, 4.69) is 19.9 Å². The predicted molar refractivity (Wildman–Crippen MR) is 55.1 cm³/mol. The van der Waals surface area contributed by atoms with Gasteiger partial charge in [0.15, 0.2) is 5.65 Å². The maximum Gasteiger partial charge on any atom is 0.180 e. The van der Waals surface area contributed by atoms with Gasteiger partial charge in [0.2, 0.25) is 0 Å². The molecular weight excluding hydrogens is 194 g/mol. The van der Waals surface area contributed by atoms with Gasteiger partial charge in [-0.15, -0.1) is 0 Å². The van der Waals surface area contributed by atoms with E-state index in [1.54, 1.807) is 13.3 Å². The minimum Gasteiger partial charge on any atom is -0.385 e. The summed E-state index contributed by atoms with van der Waals surface area (Å²) < 4.78 is 4.96. The Morgan fingerprint density at radius 3 is 3.20 bits per heavy atom. The molecule has 0 aliphatic heterocycles. The van der Waals surface area contributed by atoms with E-state index in [0.29, 0.717) is 12.3 Å². The Morgan fingerprint density at radius 1 is 1.60 bits per heavy atom. The van der Waals surface area contributed by atoms with Gasteiger partial charge in [-0.3, -0.25) is 0 Å². The molecule has 1 atom stereocenters. The van der Waals surface area contributed by atoms with Gasteiger partial charge < -0.3 is 15.5 Å². The van der Waals surface area contributed by atoms with E-state index in [4.69, 9.17) is 10.5 Å². The molecule has 3 N–H and O–H groups in total. The molecule has 0 saturated carbocycles. The number of aromatic amines is 1. The van der Waals surface area contributed by atoms with Crippen molar-refractivity contribution in [1.29, 1.82) is 0 Å². The first-order valence-corrected chi connectivity index (χ1v) is 4.71. The monoisotopic (exact) mass is 207 g/mol. The number of imidazole rings is 1. The summed E-state index contributed by atoms with van der Waals surface area (Å²) in [6.45, 7) is 0.615. The standard InChI is InChI=1S/C9H13N5O/c1-15-3-2-6(10)8-13-7-4-11-5-12-9(7)14-8/h4-6H,2-3,10H2,1H3,(H,11,12,13,14). The quantitative estimate of drug-likeness (QED) is 0.756. The van der Waals surface area contributed by atoms with Gasteiger partial charge in [0, 0.05) is 13.7 Å². The highest BCUT2D eigenvalue weighted by Gasteiger charge is 2.11. The molecule has 0 aliphatic rings. The second-order valence-corrected chi connectivity index (χ2v) is 3.27. The lowest BCUT2D eigenvalue weighted by Crippen LogP contribution is -2.14. The fraction of sp³-hybridized carbons (Fsp3) is 0.444. The first-order valence-electron chi connectivity index (χ1n) is 4.71. The van der Waals surface area contributed by atoms with Gasteiger partial charge in [0.05, 0.1) is 12.2 Å². The van der Waals surface area contributed by atoms with Crippen LogP contribution in [0.25, 0.3) is 11.2 Å². The maximum absolute atomic E-state index is 5.92. The first kappa shape index (κ1) is 10.0. The summed E-state index contributed by atoms with van der Waals surface area (Å²) >= 11 is 0. The molecule has 2 rings (SSSR count). The van der Waals surface area contributed by atoms with Crippen molar-refractivity contribution in [2.45, 2.75) is 12.5 Å². The largest absolute Gasteiger partial charge is 0.385 e. The number of nitrogens with two attached hydrogens (primary N) is 1. The Kier molecular flexibility index (Phi) is 2.89.